The molecule has 3 N–H and O–H groups in total. The molecule has 1 aliphatic heterocycles. The van der Waals surface area contributed by atoms with E-state index in [-0.39, 0.29) is 24.7 Å². The number of aromatic nitrogens is 1. The van der Waals surface area contributed by atoms with Crippen LogP contribution in [0.15, 0.2) is 24.5 Å². The first kappa shape index (κ1) is 27.3. The average Bonchev–Trinajstić information content (AvgIpc) is 2.81. The van der Waals surface area contributed by atoms with Crippen LogP contribution in [0.2, 0.25) is 0 Å². The Morgan fingerprint density at radius 1 is 1.03 bits per heavy atom. The van der Waals surface area contributed by atoms with Gasteiger partial charge in [0.1, 0.15) is 24.2 Å². The fourth-order valence-electron chi connectivity index (χ4n) is 3.81. The van der Waals surface area contributed by atoms with Crippen molar-refractivity contribution in [1.29, 1.82) is 0 Å². The van der Waals surface area contributed by atoms with E-state index in [0.717, 1.165) is 24.8 Å². The summed E-state index contributed by atoms with van der Waals surface area (Å²) in [7, 11) is 0. The number of hydrogen-bond donors (Lipinski definition) is 3. The summed E-state index contributed by atoms with van der Waals surface area (Å²) in [5.41, 5.74) is 0.819. The van der Waals surface area contributed by atoms with Crippen LogP contribution in [0.5, 0.6) is 0 Å². The molecule has 1 fully saturated rings. The summed E-state index contributed by atoms with van der Waals surface area (Å²) >= 11 is 0. The van der Waals surface area contributed by atoms with Crippen molar-refractivity contribution in [1.82, 2.24) is 20.9 Å². The maximum absolute atomic E-state index is 13.0. The van der Waals surface area contributed by atoms with E-state index in [1.165, 1.54) is 0 Å². The summed E-state index contributed by atoms with van der Waals surface area (Å²) in [6, 6.07) is 0.890. The number of carbonyl (C=O) groups is 4. The predicted molar refractivity (Wildman–Crippen MR) is 128 cm³/mol. The van der Waals surface area contributed by atoms with Crippen molar-refractivity contribution in [3.8, 4) is 0 Å². The Morgan fingerprint density at radius 3 is 2.38 bits per heavy atom. The Kier molecular flexibility index (Phi) is 11.0. The highest BCUT2D eigenvalue weighted by molar-refractivity contribution is 5.94. The molecular weight excluding hydrogens is 436 g/mol. The van der Waals surface area contributed by atoms with E-state index >= 15 is 0 Å². The highest BCUT2D eigenvalue weighted by Crippen LogP contribution is 2.16. The third-order valence-electron chi connectivity index (χ3n) is 6.18. The molecule has 0 bridgehead atoms. The van der Waals surface area contributed by atoms with Crippen molar-refractivity contribution in [2.75, 3.05) is 0 Å². The van der Waals surface area contributed by atoms with E-state index in [9.17, 15) is 19.2 Å². The molecule has 188 valence electrons. The van der Waals surface area contributed by atoms with Gasteiger partial charge in [-0.3, -0.25) is 19.4 Å². The van der Waals surface area contributed by atoms with Crippen LogP contribution >= 0.6 is 0 Å². The number of carbonyl (C=O) groups excluding carboxylic acids is 4. The first-order chi connectivity index (χ1) is 16.2. The molecule has 0 aliphatic carbocycles. The monoisotopic (exact) mass is 474 g/mol. The van der Waals surface area contributed by atoms with Crippen LogP contribution in [0.25, 0.3) is 0 Å². The zero-order chi connectivity index (χ0) is 25.1. The molecule has 0 saturated carbocycles. The molecule has 9 nitrogen and oxygen atoms in total. The first-order valence-corrected chi connectivity index (χ1v) is 12.2. The predicted octanol–water partition coefficient (Wildman–Crippen LogP) is 2.04. The molecule has 9 heteroatoms. The summed E-state index contributed by atoms with van der Waals surface area (Å²) in [6.07, 6.45) is 6.71. The van der Waals surface area contributed by atoms with Gasteiger partial charge in [0.25, 0.3) is 0 Å². The minimum absolute atomic E-state index is 0.0493. The van der Waals surface area contributed by atoms with E-state index in [1.807, 2.05) is 13.8 Å². The molecule has 2 rings (SSSR count). The van der Waals surface area contributed by atoms with Crippen LogP contribution in [-0.2, 0) is 30.3 Å². The van der Waals surface area contributed by atoms with Crippen LogP contribution in [0, 0.1) is 5.92 Å². The van der Waals surface area contributed by atoms with Crippen molar-refractivity contribution in [3.63, 3.8) is 0 Å². The number of ether oxygens (including phenoxy) is 1. The van der Waals surface area contributed by atoms with Crippen molar-refractivity contribution >= 4 is 23.7 Å². The summed E-state index contributed by atoms with van der Waals surface area (Å²) in [5.74, 6) is -2.06. The lowest BCUT2D eigenvalue weighted by atomic mass is 9.98. The molecule has 0 unspecified atom stereocenters. The highest BCUT2D eigenvalue weighted by atomic mass is 16.5. The van der Waals surface area contributed by atoms with Gasteiger partial charge in [0.15, 0.2) is 0 Å². The number of rotatable bonds is 8. The number of esters is 1. The summed E-state index contributed by atoms with van der Waals surface area (Å²) < 4.78 is 5.75. The summed E-state index contributed by atoms with van der Waals surface area (Å²) in [4.78, 5) is 55.8. The van der Waals surface area contributed by atoms with Gasteiger partial charge in [-0.2, -0.15) is 0 Å². The van der Waals surface area contributed by atoms with Gasteiger partial charge >= 0.3 is 5.97 Å². The lowest BCUT2D eigenvalue weighted by Crippen LogP contribution is -2.55. The zero-order valence-corrected chi connectivity index (χ0v) is 20.6. The number of nitrogens with zero attached hydrogens (tertiary/aromatic N) is 1. The fraction of sp³-hybridized carbons (Fsp3) is 0.640. The minimum Gasteiger partial charge on any atom is -0.460 e. The second kappa shape index (κ2) is 13.7. The van der Waals surface area contributed by atoms with E-state index in [1.54, 1.807) is 31.5 Å². The number of cyclic esters (lactones) is 1. The molecule has 0 aromatic carbocycles. The smallest absolute Gasteiger partial charge is 0.329 e. The number of unbranched alkanes of at least 4 members (excludes halogenated alkanes) is 2. The van der Waals surface area contributed by atoms with Gasteiger partial charge in [-0.05, 0) is 43.4 Å². The van der Waals surface area contributed by atoms with Gasteiger partial charge in [-0.1, -0.05) is 40.0 Å². The summed E-state index contributed by atoms with van der Waals surface area (Å²) in [6.45, 7) is 7.40. The molecule has 0 spiro atoms. The first-order valence-electron chi connectivity index (χ1n) is 12.2. The van der Waals surface area contributed by atoms with Gasteiger partial charge < -0.3 is 20.7 Å². The molecule has 2 heterocycles. The van der Waals surface area contributed by atoms with E-state index in [4.69, 9.17) is 4.74 Å². The van der Waals surface area contributed by atoms with Gasteiger partial charge in [0, 0.05) is 18.8 Å². The normalized spacial score (nSPS) is 25.5. The molecule has 34 heavy (non-hydrogen) atoms. The van der Waals surface area contributed by atoms with Gasteiger partial charge in [-0.25, -0.2) is 4.79 Å². The quantitative estimate of drug-likeness (QED) is 0.391. The van der Waals surface area contributed by atoms with Crippen molar-refractivity contribution in [3.05, 3.63) is 30.1 Å². The lowest BCUT2D eigenvalue weighted by molar-refractivity contribution is -0.156. The number of nitrogens with one attached hydrogen (secondary N) is 3. The Balaban J connectivity index is 2.32. The minimum atomic E-state index is -0.898. The second-order valence-corrected chi connectivity index (χ2v) is 9.04. The van der Waals surface area contributed by atoms with E-state index in [2.05, 4.69) is 27.9 Å². The molecule has 5 atom stereocenters. The summed E-state index contributed by atoms with van der Waals surface area (Å²) in [5, 5.41) is 8.19. The molecule has 1 saturated heterocycles. The highest BCUT2D eigenvalue weighted by Gasteiger charge is 2.33. The maximum Gasteiger partial charge on any atom is 0.329 e. The Hall–Kier alpha value is -2.97. The average molecular weight is 475 g/mol. The maximum atomic E-state index is 13.0. The molecule has 1 aliphatic rings. The Labute approximate surface area is 201 Å². The SMILES string of the molecule is CCCCC[C@@H]1CC(=O)N[C@@H](Cc2ccncc2)C(=O)N[C@@H](C)C(=O)N[C@H]([C@@H](C)CC)C(=O)O1. The van der Waals surface area contributed by atoms with Crippen molar-refractivity contribution < 1.29 is 23.9 Å². The second-order valence-electron chi connectivity index (χ2n) is 9.04. The van der Waals surface area contributed by atoms with E-state index in [0.29, 0.717) is 12.8 Å². The number of hydrogen-bond acceptors (Lipinski definition) is 6. The van der Waals surface area contributed by atoms with Crippen LogP contribution in [0.1, 0.15) is 71.8 Å². The standard InChI is InChI=1S/C25H38N4O5/c1-5-7-8-9-19-15-21(30)28-20(14-18-10-12-26-13-11-18)24(32)27-17(4)23(31)29-22(16(3)6-2)25(33)34-19/h10-13,16-17,19-20,22H,5-9,14-15H2,1-4H3,(H,27,32)(H,28,30)(H,29,31)/t16-,17-,19+,20-,22+/m0/s1. The molecule has 0 radical (unpaired) electrons. The Bertz CT molecular complexity index is 832. The third-order valence-corrected chi connectivity index (χ3v) is 6.18. The molecular formula is C25H38N4O5. The van der Waals surface area contributed by atoms with E-state index < -0.39 is 42.0 Å². The van der Waals surface area contributed by atoms with Crippen LogP contribution in [-0.4, -0.2) is 52.9 Å². The van der Waals surface area contributed by atoms with Crippen LogP contribution in [0.4, 0.5) is 0 Å². The lowest BCUT2D eigenvalue weighted by Gasteiger charge is -2.26. The topological polar surface area (TPSA) is 126 Å². The number of pyridine rings is 1. The van der Waals surface area contributed by atoms with Crippen molar-refractivity contribution in [2.45, 2.75) is 96.9 Å². The molecule has 1 aromatic heterocycles. The number of amides is 3. The van der Waals surface area contributed by atoms with Crippen molar-refractivity contribution in [2.24, 2.45) is 5.92 Å². The van der Waals surface area contributed by atoms with Gasteiger partial charge in [0.2, 0.25) is 17.7 Å². The molecule has 3 amide bonds. The molecule has 1 aromatic rings. The Morgan fingerprint density at radius 2 is 1.74 bits per heavy atom. The van der Waals surface area contributed by atoms with Gasteiger partial charge in [0.05, 0.1) is 6.42 Å². The fourth-order valence-corrected chi connectivity index (χ4v) is 3.81. The largest absolute Gasteiger partial charge is 0.460 e. The third kappa shape index (κ3) is 8.43. The van der Waals surface area contributed by atoms with Crippen LogP contribution in [0.3, 0.4) is 0 Å². The van der Waals surface area contributed by atoms with Gasteiger partial charge in [-0.15, -0.1) is 0 Å². The zero-order valence-electron chi connectivity index (χ0n) is 20.6. The van der Waals surface area contributed by atoms with Crippen LogP contribution < -0.4 is 16.0 Å².